The van der Waals surface area contributed by atoms with Crippen LogP contribution >= 0.6 is 27.5 Å². The van der Waals surface area contributed by atoms with E-state index in [4.69, 9.17) is 11.6 Å². The van der Waals surface area contributed by atoms with Crippen LogP contribution in [0.15, 0.2) is 35.1 Å². The molecule has 0 amide bonds. The molecule has 18 heavy (non-hydrogen) atoms. The minimum atomic E-state index is 0.197. The van der Waals surface area contributed by atoms with E-state index in [0.29, 0.717) is 5.02 Å². The molecule has 1 heterocycles. The number of anilines is 1. The van der Waals surface area contributed by atoms with Crippen LogP contribution in [0.4, 0.5) is 5.69 Å². The van der Waals surface area contributed by atoms with Crippen molar-refractivity contribution in [3.8, 4) is 0 Å². The lowest BCUT2D eigenvalue weighted by atomic mass is 10.2. The summed E-state index contributed by atoms with van der Waals surface area (Å²) in [7, 11) is 0. The van der Waals surface area contributed by atoms with E-state index in [9.17, 15) is 0 Å². The molecule has 2 aromatic rings. The number of rotatable bonds is 4. The Morgan fingerprint density at radius 2 is 2.28 bits per heavy atom. The van der Waals surface area contributed by atoms with Gasteiger partial charge in [-0.15, -0.1) is 0 Å². The van der Waals surface area contributed by atoms with Crippen molar-refractivity contribution in [2.24, 2.45) is 0 Å². The van der Waals surface area contributed by atoms with Crippen molar-refractivity contribution >= 4 is 33.2 Å². The van der Waals surface area contributed by atoms with E-state index >= 15 is 0 Å². The monoisotopic (exact) mass is 327 g/mol. The zero-order valence-corrected chi connectivity index (χ0v) is 12.7. The molecule has 0 aliphatic rings. The number of aromatic nitrogens is 2. The Bertz CT molecular complexity index is 539. The van der Waals surface area contributed by atoms with Gasteiger partial charge in [0.05, 0.1) is 17.3 Å². The van der Waals surface area contributed by atoms with Crippen LogP contribution in [0, 0.1) is 0 Å². The Kier molecular flexibility index (Phi) is 4.30. The van der Waals surface area contributed by atoms with E-state index in [2.05, 4.69) is 46.4 Å². The molecular formula is C13H15BrClN3. The second-order valence-corrected chi connectivity index (χ2v) is 5.39. The summed E-state index contributed by atoms with van der Waals surface area (Å²) in [5, 5.41) is 8.38. The first-order chi connectivity index (χ1) is 8.60. The minimum Gasteiger partial charge on any atom is -0.378 e. The van der Waals surface area contributed by atoms with Gasteiger partial charge in [0.15, 0.2) is 0 Å². The summed E-state index contributed by atoms with van der Waals surface area (Å²) >= 11 is 9.45. The Hall–Kier alpha value is -1.00. The second-order valence-electron chi connectivity index (χ2n) is 4.12. The third-order valence-electron chi connectivity index (χ3n) is 2.78. The number of halogens is 2. The maximum absolute atomic E-state index is 6.07. The summed E-state index contributed by atoms with van der Waals surface area (Å²) in [6, 6.07) is 6.04. The fourth-order valence-corrected chi connectivity index (χ4v) is 2.12. The van der Waals surface area contributed by atoms with Crippen molar-refractivity contribution in [2.75, 3.05) is 5.32 Å². The Labute approximate surface area is 120 Å². The third-order valence-corrected chi connectivity index (χ3v) is 4.01. The number of hydrogen-bond donors (Lipinski definition) is 1. The van der Waals surface area contributed by atoms with E-state index in [1.54, 1.807) is 0 Å². The lowest BCUT2D eigenvalue weighted by molar-refractivity contribution is 0.658. The normalized spacial score (nSPS) is 12.4. The van der Waals surface area contributed by atoms with Gasteiger partial charge in [-0.3, -0.25) is 4.68 Å². The van der Waals surface area contributed by atoms with Gasteiger partial charge in [-0.25, -0.2) is 0 Å². The van der Waals surface area contributed by atoms with Gasteiger partial charge in [0.2, 0.25) is 0 Å². The van der Waals surface area contributed by atoms with Gasteiger partial charge < -0.3 is 5.32 Å². The first kappa shape index (κ1) is 13.4. The van der Waals surface area contributed by atoms with E-state index in [1.165, 1.54) is 0 Å². The number of aryl methyl sites for hydroxylation is 1. The van der Waals surface area contributed by atoms with Crippen molar-refractivity contribution in [3.63, 3.8) is 0 Å². The molecule has 0 saturated carbocycles. The molecule has 0 saturated heterocycles. The molecule has 1 aromatic heterocycles. The van der Waals surface area contributed by atoms with E-state index in [0.717, 1.165) is 22.3 Å². The molecule has 3 nitrogen and oxygen atoms in total. The zero-order chi connectivity index (χ0) is 13.1. The smallest absolute Gasteiger partial charge is 0.0568 e. The molecule has 0 aliphatic heterocycles. The lowest BCUT2D eigenvalue weighted by Crippen LogP contribution is -2.05. The van der Waals surface area contributed by atoms with E-state index in [-0.39, 0.29) is 6.04 Å². The predicted molar refractivity (Wildman–Crippen MR) is 79.1 cm³/mol. The first-order valence-corrected chi connectivity index (χ1v) is 7.01. The number of hydrogen-bond acceptors (Lipinski definition) is 2. The average Bonchev–Trinajstić information content (AvgIpc) is 2.82. The van der Waals surface area contributed by atoms with Crippen molar-refractivity contribution < 1.29 is 0 Å². The topological polar surface area (TPSA) is 29.9 Å². The van der Waals surface area contributed by atoms with Gasteiger partial charge >= 0.3 is 0 Å². The molecule has 0 radical (unpaired) electrons. The molecule has 0 fully saturated rings. The summed E-state index contributed by atoms with van der Waals surface area (Å²) in [4.78, 5) is 0. The fourth-order valence-electron chi connectivity index (χ4n) is 1.70. The summed E-state index contributed by atoms with van der Waals surface area (Å²) in [5.74, 6) is 0. The molecule has 5 heteroatoms. The fraction of sp³-hybridized carbons (Fsp3) is 0.308. The van der Waals surface area contributed by atoms with Gasteiger partial charge in [0, 0.05) is 28.5 Å². The first-order valence-electron chi connectivity index (χ1n) is 5.84. The molecule has 0 aliphatic carbocycles. The summed E-state index contributed by atoms with van der Waals surface area (Å²) < 4.78 is 2.82. The van der Waals surface area contributed by atoms with E-state index in [1.807, 2.05) is 29.1 Å². The zero-order valence-electron chi connectivity index (χ0n) is 10.3. The van der Waals surface area contributed by atoms with Gasteiger partial charge in [-0.05, 0) is 48.0 Å². The Morgan fingerprint density at radius 3 is 2.89 bits per heavy atom. The standard InChI is InChI=1S/C13H15BrClN3/c1-3-18-8-10(7-16-18)9(2)17-11-4-5-12(14)13(15)6-11/h4-9,17H,3H2,1-2H3. The van der Waals surface area contributed by atoms with Gasteiger partial charge in [0.25, 0.3) is 0 Å². The maximum Gasteiger partial charge on any atom is 0.0568 e. The minimum absolute atomic E-state index is 0.197. The number of nitrogens with one attached hydrogen (secondary N) is 1. The van der Waals surface area contributed by atoms with Crippen LogP contribution in [0.25, 0.3) is 0 Å². The largest absolute Gasteiger partial charge is 0.378 e. The molecular weight excluding hydrogens is 314 g/mol. The number of nitrogens with zero attached hydrogens (tertiary/aromatic N) is 2. The maximum atomic E-state index is 6.07. The highest BCUT2D eigenvalue weighted by atomic mass is 79.9. The summed E-state index contributed by atoms with van der Waals surface area (Å²) in [5.41, 5.74) is 2.16. The average molecular weight is 329 g/mol. The van der Waals surface area contributed by atoms with Crippen molar-refractivity contribution in [1.82, 2.24) is 9.78 Å². The SMILES string of the molecule is CCn1cc(C(C)Nc2ccc(Br)c(Cl)c2)cn1. The Balaban J connectivity index is 2.10. The lowest BCUT2D eigenvalue weighted by Gasteiger charge is -2.14. The summed E-state index contributed by atoms with van der Waals surface area (Å²) in [6.45, 7) is 5.06. The van der Waals surface area contributed by atoms with Crippen LogP contribution in [0.5, 0.6) is 0 Å². The van der Waals surface area contributed by atoms with E-state index < -0.39 is 0 Å². The molecule has 1 atom stereocenters. The van der Waals surface area contributed by atoms with Crippen LogP contribution < -0.4 is 5.32 Å². The van der Waals surface area contributed by atoms with Crippen LogP contribution in [0.2, 0.25) is 5.02 Å². The van der Waals surface area contributed by atoms with Crippen LogP contribution in [-0.4, -0.2) is 9.78 Å². The van der Waals surface area contributed by atoms with Crippen molar-refractivity contribution in [1.29, 1.82) is 0 Å². The highest BCUT2D eigenvalue weighted by molar-refractivity contribution is 9.10. The van der Waals surface area contributed by atoms with Crippen LogP contribution in [0.3, 0.4) is 0 Å². The quantitative estimate of drug-likeness (QED) is 0.896. The molecule has 1 N–H and O–H groups in total. The Morgan fingerprint density at radius 1 is 1.50 bits per heavy atom. The molecule has 1 unspecified atom stereocenters. The molecule has 0 bridgehead atoms. The highest BCUT2D eigenvalue weighted by Gasteiger charge is 2.08. The molecule has 96 valence electrons. The third kappa shape index (κ3) is 3.06. The van der Waals surface area contributed by atoms with Gasteiger partial charge in [0.1, 0.15) is 0 Å². The highest BCUT2D eigenvalue weighted by Crippen LogP contribution is 2.27. The summed E-state index contributed by atoms with van der Waals surface area (Å²) in [6.07, 6.45) is 3.94. The van der Waals surface area contributed by atoms with Crippen molar-refractivity contribution in [2.45, 2.75) is 26.4 Å². The predicted octanol–water partition coefficient (Wildman–Crippen LogP) is 4.49. The second kappa shape index (κ2) is 5.76. The van der Waals surface area contributed by atoms with Crippen LogP contribution in [0.1, 0.15) is 25.5 Å². The van der Waals surface area contributed by atoms with Crippen LogP contribution in [-0.2, 0) is 6.54 Å². The molecule has 1 aromatic carbocycles. The van der Waals surface area contributed by atoms with Gasteiger partial charge in [-0.2, -0.15) is 5.10 Å². The van der Waals surface area contributed by atoms with Gasteiger partial charge in [-0.1, -0.05) is 11.6 Å². The molecule has 2 rings (SSSR count). The molecule has 0 spiro atoms. The van der Waals surface area contributed by atoms with Crippen molar-refractivity contribution in [3.05, 3.63) is 45.7 Å². The number of benzene rings is 1.